The molecule has 4 rings (SSSR count). The first-order valence-corrected chi connectivity index (χ1v) is 10.9. The standard InChI is InChI=1S/C23H21Cl2N5O2/c24-18-9-6-10-19(25)20(18)17-13-15-14-27-23(28-16-7-2-1-3-8-16)29-21(15)30(22(17)31)32-12-5-4-11-26/h1-3,6-10,13-14H,4-5,11-12,26H2,(H,27,28,29). The maximum atomic E-state index is 13.4. The third-order valence-corrected chi connectivity index (χ3v) is 5.41. The third kappa shape index (κ3) is 4.70. The van der Waals surface area contributed by atoms with E-state index in [1.807, 2.05) is 30.3 Å². The fraction of sp³-hybridized carbons (Fsp3) is 0.174. The molecule has 0 radical (unpaired) electrons. The van der Waals surface area contributed by atoms with Gasteiger partial charge in [0.1, 0.15) is 6.61 Å². The molecule has 0 aliphatic carbocycles. The van der Waals surface area contributed by atoms with Crippen molar-refractivity contribution in [1.82, 2.24) is 14.7 Å². The second kappa shape index (κ2) is 9.99. The largest absolute Gasteiger partial charge is 0.409 e. The van der Waals surface area contributed by atoms with Crippen LogP contribution in [0.5, 0.6) is 0 Å². The highest BCUT2D eigenvalue weighted by atomic mass is 35.5. The van der Waals surface area contributed by atoms with Gasteiger partial charge in [-0.1, -0.05) is 47.5 Å². The van der Waals surface area contributed by atoms with Crippen LogP contribution in [-0.2, 0) is 0 Å². The summed E-state index contributed by atoms with van der Waals surface area (Å²) in [6, 6.07) is 16.3. The molecule has 0 saturated heterocycles. The van der Waals surface area contributed by atoms with Crippen molar-refractivity contribution >= 4 is 45.9 Å². The molecule has 2 aromatic heterocycles. The highest BCUT2D eigenvalue weighted by molar-refractivity contribution is 6.39. The van der Waals surface area contributed by atoms with Gasteiger partial charge in [-0.3, -0.25) is 4.79 Å². The second-order valence-electron chi connectivity index (χ2n) is 7.05. The Bertz CT molecular complexity index is 1270. The number of anilines is 2. The second-order valence-corrected chi connectivity index (χ2v) is 7.86. The molecule has 0 aliphatic heterocycles. The van der Waals surface area contributed by atoms with E-state index < -0.39 is 5.56 Å². The number of aromatic nitrogens is 3. The molecule has 0 unspecified atom stereocenters. The Morgan fingerprint density at radius 1 is 1.03 bits per heavy atom. The fourth-order valence-corrected chi connectivity index (χ4v) is 3.84. The summed E-state index contributed by atoms with van der Waals surface area (Å²) in [6.07, 6.45) is 3.10. The third-order valence-electron chi connectivity index (χ3n) is 4.78. The lowest BCUT2D eigenvalue weighted by atomic mass is 10.1. The van der Waals surface area contributed by atoms with Crippen LogP contribution in [0.1, 0.15) is 12.8 Å². The van der Waals surface area contributed by atoms with Gasteiger partial charge in [-0.05, 0) is 49.7 Å². The van der Waals surface area contributed by atoms with E-state index in [4.69, 9.17) is 33.8 Å². The Morgan fingerprint density at radius 2 is 1.78 bits per heavy atom. The molecule has 9 heteroatoms. The van der Waals surface area contributed by atoms with Crippen molar-refractivity contribution in [3.63, 3.8) is 0 Å². The van der Waals surface area contributed by atoms with Gasteiger partial charge < -0.3 is 15.9 Å². The van der Waals surface area contributed by atoms with Gasteiger partial charge in [-0.15, -0.1) is 4.73 Å². The summed E-state index contributed by atoms with van der Waals surface area (Å²) in [4.78, 5) is 28.2. The molecule has 0 fully saturated rings. The summed E-state index contributed by atoms with van der Waals surface area (Å²) in [7, 11) is 0. The van der Waals surface area contributed by atoms with Crippen LogP contribution >= 0.6 is 23.2 Å². The Balaban J connectivity index is 1.84. The van der Waals surface area contributed by atoms with Crippen molar-refractivity contribution in [2.24, 2.45) is 5.73 Å². The first-order chi connectivity index (χ1) is 15.6. The van der Waals surface area contributed by atoms with Crippen LogP contribution in [0.4, 0.5) is 11.6 Å². The first kappa shape index (κ1) is 22.1. The van der Waals surface area contributed by atoms with Crippen LogP contribution < -0.4 is 21.4 Å². The van der Waals surface area contributed by atoms with Crippen LogP contribution in [0.25, 0.3) is 22.2 Å². The maximum absolute atomic E-state index is 13.4. The minimum Gasteiger partial charge on any atom is -0.409 e. The Hall–Kier alpha value is -3.13. The number of nitrogens with one attached hydrogen (secondary N) is 1. The van der Waals surface area contributed by atoms with Crippen molar-refractivity contribution in [2.75, 3.05) is 18.5 Å². The number of fused-ring (bicyclic) bond motifs is 1. The average Bonchev–Trinajstić information content (AvgIpc) is 2.79. The monoisotopic (exact) mass is 469 g/mol. The number of hydrogen-bond donors (Lipinski definition) is 2. The van der Waals surface area contributed by atoms with E-state index in [1.54, 1.807) is 30.5 Å². The molecule has 0 atom stereocenters. The van der Waals surface area contributed by atoms with Gasteiger partial charge >= 0.3 is 0 Å². The van der Waals surface area contributed by atoms with E-state index in [2.05, 4.69) is 15.3 Å². The number of rotatable bonds is 8. The van der Waals surface area contributed by atoms with Gasteiger partial charge in [0.15, 0.2) is 5.65 Å². The quantitative estimate of drug-likeness (QED) is 0.363. The average molecular weight is 470 g/mol. The lowest BCUT2D eigenvalue weighted by molar-refractivity contribution is 0.108. The molecule has 2 aromatic carbocycles. The lowest BCUT2D eigenvalue weighted by Gasteiger charge is -2.15. The van der Waals surface area contributed by atoms with Gasteiger partial charge in [0.25, 0.3) is 5.56 Å². The van der Waals surface area contributed by atoms with Gasteiger partial charge in [0, 0.05) is 22.8 Å². The minimum absolute atomic E-state index is 0.303. The molecule has 0 spiro atoms. The Labute approximate surface area is 194 Å². The van der Waals surface area contributed by atoms with E-state index in [0.29, 0.717) is 57.7 Å². The molecular formula is C23H21Cl2N5O2. The van der Waals surface area contributed by atoms with E-state index in [-0.39, 0.29) is 0 Å². The number of benzene rings is 2. The van der Waals surface area contributed by atoms with E-state index >= 15 is 0 Å². The molecule has 32 heavy (non-hydrogen) atoms. The molecule has 3 N–H and O–H groups in total. The number of hydrogen-bond acceptors (Lipinski definition) is 6. The molecule has 7 nitrogen and oxygen atoms in total. The number of nitrogens with zero attached hydrogens (tertiary/aromatic N) is 3. The van der Waals surface area contributed by atoms with E-state index in [9.17, 15) is 4.79 Å². The highest BCUT2D eigenvalue weighted by Crippen LogP contribution is 2.33. The van der Waals surface area contributed by atoms with Crippen molar-refractivity contribution in [1.29, 1.82) is 0 Å². The van der Waals surface area contributed by atoms with Crippen LogP contribution in [0.3, 0.4) is 0 Å². The summed E-state index contributed by atoms with van der Waals surface area (Å²) >= 11 is 12.7. The molecule has 2 heterocycles. The predicted octanol–water partition coefficient (Wildman–Crippen LogP) is 4.68. The summed E-state index contributed by atoms with van der Waals surface area (Å²) < 4.78 is 1.18. The topological polar surface area (TPSA) is 95.1 Å². The van der Waals surface area contributed by atoms with Crippen molar-refractivity contribution in [3.8, 4) is 11.1 Å². The zero-order chi connectivity index (χ0) is 22.5. The molecule has 0 aliphatic rings. The molecular weight excluding hydrogens is 449 g/mol. The summed E-state index contributed by atoms with van der Waals surface area (Å²) in [6.45, 7) is 0.846. The summed E-state index contributed by atoms with van der Waals surface area (Å²) in [5.74, 6) is 0.339. The number of unbranched alkanes of at least 4 members (excludes halogenated alkanes) is 1. The molecule has 0 amide bonds. The normalized spacial score (nSPS) is 11.0. The predicted molar refractivity (Wildman–Crippen MR) is 129 cm³/mol. The summed E-state index contributed by atoms with van der Waals surface area (Å²) in [5, 5.41) is 4.47. The van der Waals surface area contributed by atoms with Crippen LogP contribution in [0.15, 0.2) is 65.6 Å². The van der Waals surface area contributed by atoms with E-state index in [1.165, 1.54) is 4.73 Å². The maximum Gasteiger partial charge on any atom is 0.293 e. The van der Waals surface area contributed by atoms with Crippen molar-refractivity contribution in [2.45, 2.75) is 12.8 Å². The Kier molecular flexibility index (Phi) is 6.90. The zero-order valence-electron chi connectivity index (χ0n) is 17.1. The number of pyridine rings is 1. The molecule has 0 bridgehead atoms. The van der Waals surface area contributed by atoms with Crippen molar-refractivity contribution in [3.05, 3.63) is 81.2 Å². The molecule has 0 saturated carbocycles. The van der Waals surface area contributed by atoms with Gasteiger partial charge in [0.2, 0.25) is 5.95 Å². The fourth-order valence-electron chi connectivity index (χ4n) is 3.24. The summed E-state index contributed by atoms with van der Waals surface area (Å²) in [5.41, 5.74) is 7.06. The lowest BCUT2D eigenvalue weighted by Crippen LogP contribution is -2.30. The SMILES string of the molecule is NCCCCOn1c(=O)c(-c2c(Cl)cccc2Cl)cc2cnc(Nc3ccccc3)nc21. The zero-order valence-corrected chi connectivity index (χ0v) is 18.6. The van der Waals surface area contributed by atoms with E-state index in [0.717, 1.165) is 12.1 Å². The number of para-hydroxylation sites is 1. The molecule has 164 valence electrons. The van der Waals surface area contributed by atoms with Crippen LogP contribution in [0, 0.1) is 0 Å². The first-order valence-electron chi connectivity index (χ1n) is 10.1. The smallest absolute Gasteiger partial charge is 0.293 e. The van der Waals surface area contributed by atoms with Crippen molar-refractivity contribution < 1.29 is 4.84 Å². The van der Waals surface area contributed by atoms with Gasteiger partial charge in [-0.25, -0.2) is 4.98 Å². The van der Waals surface area contributed by atoms with Gasteiger partial charge in [0.05, 0.1) is 15.6 Å². The number of nitrogens with two attached hydrogens (primary N) is 1. The van der Waals surface area contributed by atoms with Gasteiger partial charge in [-0.2, -0.15) is 4.98 Å². The van der Waals surface area contributed by atoms with Crippen LogP contribution in [0.2, 0.25) is 10.0 Å². The minimum atomic E-state index is -0.412. The Morgan fingerprint density at radius 3 is 2.50 bits per heavy atom. The number of halogens is 2. The molecule has 4 aromatic rings. The highest BCUT2D eigenvalue weighted by Gasteiger charge is 2.18. The van der Waals surface area contributed by atoms with Crippen LogP contribution in [-0.4, -0.2) is 27.9 Å².